The summed E-state index contributed by atoms with van der Waals surface area (Å²) in [6.07, 6.45) is 2.42. The second kappa shape index (κ2) is 4.11. The van der Waals surface area contributed by atoms with E-state index in [1.165, 1.54) is 6.07 Å². The van der Waals surface area contributed by atoms with Crippen molar-refractivity contribution in [3.8, 4) is 0 Å². The molecule has 17 heavy (non-hydrogen) atoms. The lowest BCUT2D eigenvalue weighted by molar-refractivity contribution is -0.117. The summed E-state index contributed by atoms with van der Waals surface area (Å²) in [4.78, 5) is 11.6. The predicted molar refractivity (Wildman–Crippen MR) is 61.4 cm³/mol. The van der Waals surface area contributed by atoms with Gasteiger partial charge in [0.1, 0.15) is 5.82 Å². The number of rotatable bonds is 1. The number of halogens is 1. The fraction of sp³-hybridized carbons (Fsp3) is 0.462. The van der Waals surface area contributed by atoms with Crippen molar-refractivity contribution >= 4 is 11.6 Å². The number of nitrogens with one attached hydrogen (secondary N) is 1. The van der Waals surface area contributed by atoms with Crippen LogP contribution in [-0.2, 0) is 9.53 Å². The Hall–Kier alpha value is -1.42. The summed E-state index contributed by atoms with van der Waals surface area (Å²) < 4.78 is 19.3. The van der Waals surface area contributed by atoms with Gasteiger partial charge in [-0.1, -0.05) is 12.1 Å². The molecule has 2 aliphatic rings. The van der Waals surface area contributed by atoms with Crippen LogP contribution in [0, 0.1) is 5.82 Å². The third kappa shape index (κ3) is 1.82. The molecule has 4 heteroatoms. The first-order chi connectivity index (χ1) is 8.25. The monoisotopic (exact) mass is 235 g/mol. The maximum Gasteiger partial charge on any atom is 0.225 e. The second-order valence-electron chi connectivity index (χ2n) is 4.61. The van der Waals surface area contributed by atoms with Gasteiger partial charge in [-0.2, -0.15) is 0 Å². The van der Waals surface area contributed by atoms with E-state index in [0.29, 0.717) is 12.1 Å². The molecule has 0 bridgehead atoms. The van der Waals surface area contributed by atoms with Crippen molar-refractivity contribution in [2.45, 2.75) is 31.3 Å². The van der Waals surface area contributed by atoms with E-state index in [1.54, 1.807) is 6.07 Å². The highest BCUT2D eigenvalue weighted by Gasteiger charge is 2.34. The van der Waals surface area contributed by atoms with E-state index in [1.807, 2.05) is 6.07 Å². The van der Waals surface area contributed by atoms with Crippen LogP contribution in [0.25, 0.3) is 0 Å². The molecule has 0 aliphatic carbocycles. The summed E-state index contributed by atoms with van der Waals surface area (Å²) in [6.45, 7) is 0.743. The standard InChI is InChI=1S/C13H14FNO2/c14-10-4-1-3-8-9(11-5-2-6-17-11)7-12(16)15-13(8)10/h1,3-4,9,11H,2,5-7H2,(H,15,16). The van der Waals surface area contributed by atoms with Gasteiger partial charge in [0.2, 0.25) is 5.91 Å². The Labute approximate surface area is 99.0 Å². The van der Waals surface area contributed by atoms with Crippen LogP contribution in [-0.4, -0.2) is 18.6 Å². The number of anilines is 1. The molecule has 2 aliphatic heterocycles. The fourth-order valence-corrected chi connectivity index (χ4v) is 2.73. The third-order valence-corrected chi connectivity index (χ3v) is 3.53. The maximum atomic E-state index is 13.6. The Balaban J connectivity index is 2.01. The largest absolute Gasteiger partial charge is 0.378 e. The smallest absolute Gasteiger partial charge is 0.225 e. The first-order valence-corrected chi connectivity index (χ1v) is 5.95. The number of benzene rings is 1. The normalized spacial score (nSPS) is 27.7. The molecular weight excluding hydrogens is 221 g/mol. The van der Waals surface area contributed by atoms with E-state index in [2.05, 4.69) is 5.32 Å². The molecular formula is C13H14FNO2. The zero-order valence-corrected chi connectivity index (χ0v) is 9.41. The van der Waals surface area contributed by atoms with Crippen LogP contribution in [0.4, 0.5) is 10.1 Å². The summed E-state index contributed by atoms with van der Waals surface area (Å²) in [5.41, 5.74) is 1.21. The summed E-state index contributed by atoms with van der Waals surface area (Å²) in [5.74, 6) is -0.487. The Morgan fingerprint density at radius 3 is 3.06 bits per heavy atom. The molecule has 2 unspecified atom stereocenters. The topological polar surface area (TPSA) is 38.3 Å². The number of amides is 1. The number of ether oxygens (including phenoxy) is 1. The average molecular weight is 235 g/mol. The number of para-hydroxylation sites is 1. The van der Waals surface area contributed by atoms with E-state index in [9.17, 15) is 9.18 Å². The minimum Gasteiger partial charge on any atom is -0.378 e. The van der Waals surface area contributed by atoms with Gasteiger partial charge in [-0.15, -0.1) is 0 Å². The van der Waals surface area contributed by atoms with E-state index < -0.39 is 0 Å². The van der Waals surface area contributed by atoms with Gasteiger partial charge >= 0.3 is 0 Å². The number of hydrogen-bond acceptors (Lipinski definition) is 2. The zero-order chi connectivity index (χ0) is 11.8. The number of fused-ring (bicyclic) bond motifs is 1. The highest BCUT2D eigenvalue weighted by molar-refractivity contribution is 5.95. The van der Waals surface area contributed by atoms with Crippen molar-refractivity contribution in [2.24, 2.45) is 0 Å². The predicted octanol–water partition coefficient (Wildman–Crippen LogP) is 2.43. The average Bonchev–Trinajstić information content (AvgIpc) is 2.83. The van der Waals surface area contributed by atoms with E-state index in [4.69, 9.17) is 4.74 Å². The molecule has 1 aromatic carbocycles. The molecule has 3 rings (SSSR count). The molecule has 1 N–H and O–H groups in total. The van der Waals surface area contributed by atoms with Crippen LogP contribution in [0.2, 0.25) is 0 Å². The van der Waals surface area contributed by atoms with Gasteiger partial charge in [0.25, 0.3) is 0 Å². The van der Waals surface area contributed by atoms with Crippen molar-refractivity contribution in [3.63, 3.8) is 0 Å². The fourth-order valence-electron chi connectivity index (χ4n) is 2.73. The van der Waals surface area contributed by atoms with Crippen LogP contribution in [0.1, 0.15) is 30.7 Å². The van der Waals surface area contributed by atoms with Gasteiger partial charge in [0.05, 0.1) is 11.8 Å². The second-order valence-corrected chi connectivity index (χ2v) is 4.61. The zero-order valence-electron chi connectivity index (χ0n) is 9.41. The SMILES string of the molecule is O=C1CC(C2CCCO2)c2cccc(F)c2N1. The van der Waals surface area contributed by atoms with Crippen molar-refractivity contribution in [2.75, 3.05) is 11.9 Å². The van der Waals surface area contributed by atoms with Crippen molar-refractivity contribution < 1.29 is 13.9 Å². The van der Waals surface area contributed by atoms with Crippen LogP contribution < -0.4 is 5.32 Å². The molecule has 1 saturated heterocycles. The van der Waals surface area contributed by atoms with E-state index in [0.717, 1.165) is 25.0 Å². The summed E-state index contributed by atoms with van der Waals surface area (Å²) in [7, 11) is 0. The lowest BCUT2D eigenvalue weighted by Crippen LogP contribution is -2.30. The number of carbonyl (C=O) groups is 1. The molecule has 2 heterocycles. The first kappa shape index (κ1) is 10.7. The van der Waals surface area contributed by atoms with Crippen molar-refractivity contribution in [3.05, 3.63) is 29.6 Å². The van der Waals surface area contributed by atoms with Gasteiger partial charge in [0.15, 0.2) is 0 Å². The van der Waals surface area contributed by atoms with Gasteiger partial charge in [-0.3, -0.25) is 4.79 Å². The quantitative estimate of drug-likeness (QED) is 0.811. The van der Waals surface area contributed by atoms with E-state index >= 15 is 0 Å². The molecule has 1 amide bonds. The van der Waals surface area contributed by atoms with Crippen LogP contribution in [0.3, 0.4) is 0 Å². The van der Waals surface area contributed by atoms with Gasteiger partial charge < -0.3 is 10.1 Å². The lowest BCUT2D eigenvalue weighted by atomic mass is 9.85. The van der Waals surface area contributed by atoms with Crippen molar-refractivity contribution in [1.29, 1.82) is 0 Å². The summed E-state index contributed by atoms with van der Waals surface area (Å²) in [6, 6.07) is 4.94. The van der Waals surface area contributed by atoms with Crippen LogP contribution in [0.5, 0.6) is 0 Å². The lowest BCUT2D eigenvalue weighted by Gasteiger charge is -2.29. The van der Waals surface area contributed by atoms with E-state index in [-0.39, 0.29) is 23.7 Å². The van der Waals surface area contributed by atoms with Gasteiger partial charge in [-0.25, -0.2) is 4.39 Å². The highest BCUT2D eigenvalue weighted by Crippen LogP contribution is 2.39. The molecule has 0 spiro atoms. The number of hydrogen-bond donors (Lipinski definition) is 1. The minimum atomic E-state index is -0.362. The Morgan fingerprint density at radius 2 is 2.29 bits per heavy atom. The third-order valence-electron chi connectivity index (χ3n) is 3.53. The minimum absolute atomic E-state index is 0.00282. The summed E-state index contributed by atoms with van der Waals surface area (Å²) in [5, 5.41) is 2.61. The van der Waals surface area contributed by atoms with Gasteiger partial charge in [0, 0.05) is 18.9 Å². The van der Waals surface area contributed by atoms with Crippen LogP contribution >= 0.6 is 0 Å². The Kier molecular flexibility index (Phi) is 2.59. The summed E-state index contributed by atoms with van der Waals surface area (Å²) >= 11 is 0. The maximum absolute atomic E-state index is 13.6. The van der Waals surface area contributed by atoms with Crippen molar-refractivity contribution in [1.82, 2.24) is 0 Å². The molecule has 1 fully saturated rings. The molecule has 1 aromatic rings. The van der Waals surface area contributed by atoms with Gasteiger partial charge in [-0.05, 0) is 24.5 Å². The highest BCUT2D eigenvalue weighted by atomic mass is 19.1. The van der Waals surface area contributed by atoms with Crippen LogP contribution in [0.15, 0.2) is 18.2 Å². The number of carbonyl (C=O) groups excluding carboxylic acids is 1. The molecule has 3 nitrogen and oxygen atoms in total. The Bertz CT molecular complexity index is 455. The Morgan fingerprint density at radius 1 is 1.41 bits per heavy atom. The molecule has 0 aromatic heterocycles. The molecule has 2 atom stereocenters. The first-order valence-electron chi connectivity index (χ1n) is 5.95. The molecule has 0 saturated carbocycles. The molecule has 90 valence electrons. The molecule has 0 radical (unpaired) electrons.